The lowest BCUT2D eigenvalue weighted by Crippen LogP contribution is -2.17. The summed E-state index contributed by atoms with van der Waals surface area (Å²) < 4.78 is 14.7. The van der Waals surface area contributed by atoms with E-state index in [1.807, 2.05) is 0 Å². The summed E-state index contributed by atoms with van der Waals surface area (Å²) in [7, 11) is 0. The van der Waals surface area contributed by atoms with E-state index in [2.05, 4.69) is 5.10 Å². The van der Waals surface area contributed by atoms with Crippen molar-refractivity contribution < 1.29 is 4.39 Å². The highest BCUT2D eigenvalue weighted by Crippen LogP contribution is 2.06. The van der Waals surface area contributed by atoms with Gasteiger partial charge in [-0.25, -0.2) is 9.07 Å². The van der Waals surface area contributed by atoms with Crippen molar-refractivity contribution in [2.75, 3.05) is 0 Å². The van der Waals surface area contributed by atoms with Gasteiger partial charge in [0.05, 0.1) is 6.54 Å². The Bertz CT molecular complexity index is 527. The van der Waals surface area contributed by atoms with E-state index in [9.17, 15) is 9.18 Å². The Balaban J connectivity index is 2.34. The fraction of sp³-hybridized carbons (Fsp3) is 0.182. The Morgan fingerprint density at radius 2 is 2.13 bits per heavy atom. The van der Waals surface area contributed by atoms with Gasteiger partial charge in [-0.1, -0.05) is 18.2 Å². The Hall–Kier alpha value is -1.84. The number of aromatic nitrogens is 2. The van der Waals surface area contributed by atoms with Crippen molar-refractivity contribution in [2.45, 2.75) is 13.5 Å². The summed E-state index contributed by atoms with van der Waals surface area (Å²) in [6.07, 6.45) is 0. The molecule has 1 N–H and O–H groups in total. The largest absolute Gasteiger partial charge is 0.300 e. The van der Waals surface area contributed by atoms with E-state index in [1.54, 1.807) is 25.1 Å². The molecule has 0 aliphatic rings. The summed E-state index contributed by atoms with van der Waals surface area (Å²) in [5.74, 6) is -0.295. The van der Waals surface area contributed by atoms with Gasteiger partial charge >= 0.3 is 0 Å². The molecule has 0 amide bonds. The van der Waals surface area contributed by atoms with E-state index in [1.165, 1.54) is 16.8 Å². The van der Waals surface area contributed by atoms with Gasteiger partial charge in [0.25, 0.3) is 5.56 Å². The number of nitrogens with zero attached hydrogens (tertiary/aromatic N) is 1. The molecule has 78 valence electrons. The molecule has 1 heterocycles. The summed E-state index contributed by atoms with van der Waals surface area (Å²) in [6, 6.07) is 7.91. The Morgan fingerprint density at radius 3 is 2.73 bits per heavy atom. The van der Waals surface area contributed by atoms with Gasteiger partial charge in [-0.3, -0.25) is 9.89 Å². The third-order valence-electron chi connectivity index (χ3n) is 2.20. The molecule has 0 aliphatic heterocycles. The van der Waals surface area contributed by atoms with Crippen LogP contribution in [-0.2, 0) is 6.54 Å². The van der Waals surface area contributed by atoms with Crippen LogP contribution in [0.4, 0.5) is 4.39 Å². The molecule has 0 fully saturated rings. The summed E-state index contributed by atoms with van der Waals surface area (Å²) in [4.78, 5) is 11.4. The molecule has 0 spiro atoms. The lowest BCUT2D eigenvalue weighted by molar-refractivity contribution is 0.578. The van der Waals surface area contributed by atoms with Crippen LogP contribution in [0, 0.1) is 12.7 Å². The van der Waals surface area contributed by atoms with Crippen LogP contribution in [0.3, 0.4) is 0 Å². The summed E-state index contributed by atoms with van der Waals surface area (Å²) in [5.41, 5.74) is 1.13. The molecule has 15 heavy (non-hydrogen) atoms. The van der Waals surface area contributed by atoms with Crippen LogP contribution in [-0.4, -0.2) is 9.78 Å². The average Bonchev–Trinajstić information content (AvgIpc) is 2.49. The number of nitrogens with one attached hydrogen (secondary N) is 1. The fourth-order valence-electron chi connectivity index (χ4n) is 1.48. The highest BCUT2D eigenvalue weighted by molar-refractivity contribution is 5.17. The van der Waals surface area contributed by atoms with E-state index < -0.39 is 0 Å². The van der Waals surface area contributed by atoms with Gasteiger partial charge in [0.1, 0.15) is 5.82 Å². The molecule has 0 unspecified atom stereocenters. The highest BCUT2D eigenvalue weighted by atomic mass is 19.1. The molecular weight excluding hydrogens is 195 g/mol. The van der Waals surface area contributed by atoms with E-state index in [0.29, 0.717) is 5.56 Å². The first-order valence-corrected chi connectivity index (χ1v) is 4.66. The predicted molar refractivity (Wildman–Crippen MR) is 55.3 cm³/mol. The van der Waals surface area contributed by atoms with Crippen LogP contribution in [0.5, 0.6) is 0 Å². The zero-order valence-corrected chi connectivity index (χ0v) is 8.33. The van der Waals surface area contributed by atoms with Gasteiger partial charge in [-0.05, 0) is 13.0 Å². The van der Waals surface area contributed by atoms with Gasteiger partial charge in [-0.2, -0.15) is 0 Å². The van der Waals surface area contributed by atoms with Crippen LogP contribution < -0.4 is 5.56 Å². The number of halogens is 1. The molecule has 0 bridgehead atoms. The first-order chi connectivity index (χ1) is 7.16. The first-order valence-electron chi connectivity index (χ1n) is 4.66. The maximum absolute atomic E-state index is 13.3. The number of benzene rings is 1. The number of rotatable bonds is 2. The molecule has 0 atom stereocenters. The van der Waals surface area contributed by atoms with Gasteiger partial charge in [0.15, 0.2) is 0 Å². The number of aromatic amines is 1. The predicted octanol–water partition coefficient (Wildman–Crippen LogP) is 1.67. The van der Waals surface area contributed by atoms with Crippen molar-refractivity contribution in [1.29, 1.82) is 0 Å². The van der Waals surface area contributed by atoms with Crippen molar-refractivity contribution in [3.05, 3.63) is 57.8 Å². The smallest absolute Gasteiger partial charge is 0.267 e. The molecule has 2 rings (SSSR count). The first kappa shape index (κ1) is 9.71. The number of hydrogen-bond acceptors (Lipinski definition) is 1. The minimum absolute atomic E-state index is 0.143. The quantitative estimate of drug-likeness (QED) is 0.797. The van der Waals surface area contributed by atoms with E-state index >= 15 is 0 Å². The lowest BCUT2D eigenvalue weighted by atomic mass is 10.2. The third kappa shape index (κ3) is 1.98. The SMILES string of the molecule is Cc1cc(=O)n(Cc2ccccc2F)[nH]1. The van der Waals surface area contributed by atoms with Gasteiger partial charge in [0.2, 0.25) is 0 Å². The van der Waals surface area contributed by atoms with Crippen molar-refractivity contribution in [3.63, 3.8) is 0 Å². The van der Waals surface area contributed by atoms with Crippen molar-refractivity contribution in [3.8, 4) is 0 Å². The second-order valence-electron chi connectivity index (χ2n) is 3.45. The van der Waals surface area contributed by atoms with Crippen molar-refractivity contribution in [2.24, 2.45) is 0 Å². The monoisotopic (exact) mass is 206 g/mol. The van der Waals surface area contributed by atoms with Crippen LogP contribution >= 0.6 is 0 Å². The molecule has 0 aliphatic carbocycles. The Labute approximate surface area is 86.2 Å². The Morgan fingerprint density at radius 1 is 1.40 bits per heavy atom. The number of aryl methyl sites for hydroxylation is 1. The molecule has 0 saturated heterocycles. The second-order valence-corrected chi connectivity index (χ2v) is 3.45. The lowest BCUT2D eigenvalue weighted by Gasteiger charge is -2.03. The molecule has 1 aromatic carbocycles. The zero-order valence-electron chi connectivity index (χ0n) is 8.33. The van der Waals surface area contributed by atoms with E-state index in [0.717, 1.165) is 5.69 Å². The fourth-order valence-corrected chi connectivity index (χ4v) is 1.48. The molecule has 0 radical (unpaired) electrons. The summed E-state index contributed by atoms with van der Waals surface area (Å²) in [5, 5.41) is 2.86. The summed E-state index contributed by atoms with van der Waals surface area (Å²) in [6.45, 7) is 2.03. The van der Waals surface area contributed by atoms with Gasteiger partial charge in [0, 0.05) is 17.3 Å². The molecule has 1 aromatic heterocycles. The normalized spacial score (nSPS) is 10.5. The second kappa shape index (κ2) is 3.73. The zero-order chi connectivity index (χ0) is 10.8. The van der Waals surface area contributed by atoms with Crippen LogP contribution in [0.2, 0.25) is 0 Å². The number of H-pyrrole nitrogens is 1. The Kier molecular flexibility index (Phi) is 2.41. The molecule has 0 saturated carbocycles. The van der Waals surface area contributed by atoms with E-state index in [4.69, 9.17) is 0 Å². The number of hydrogen-bond donors (Lipinski definition) is 1. The van der Waals surface area contributed by atoms with Gasteiger partial charge < -0.3 is 0 Å². The van der Waals surface area contributed by atoms with Crippen molar-refractivity contribution in [1.82, 2.24) is 9.78 Å². The van der Waals surface area contributed by atoms with Crippen LogP contribution in [0.15, 0.2) is 35.1 Å². The van der Waals surface area contributed by atoms with Crippen LogP contribution in [0.1, 0.15) is 11.3 Å². The maximum atomic E-state index is 13.3. The molecule has 4 heteroatoms. The van der Waals surface area contributed by atoms with Crippen LogP contribution in [0.25, 0.3) is 0 Å². The third-order valence-corrected chi connectivity index (χ3v) is 2.20. The van der Waals surface area contributed by atoms with Gasteiger partial charge in [-0.15, -0.1) is 0 Å². The molecule has 3 nitrogen and oxygen atoms in total. The van der Waals surface area contributed by atoms with Crippen molar-refractivity contribution >= 4 is 0 Å². The topological polar surface area (TPSA) is 37.8 Å². The minimum atomic E-state index is -0.295. The average molecular weight is 206 g/mol. The maximum Gasteiger partial charge on any atom is 0.267 e. The minimum Gasteiger partial charge on any atom is -0.300 e. The summed E-state index contributed by atoms with van der Waals surface area (Å²) >= 11 is 0. The highest BCUT2D eigenvalue weighted by Gasteiger charge is 2.04. The molecular formula is C11H11FN2O. The standard InChI is InChI=1S/C11H11FN2O/c1-8-6-11(15)14(13-8)7-9-4-2-3-5-10(9)12/h2-6,13H,7H2,1H3. The van der Waals surface area contributed by atoms with E-state index in [-0.39, 0.29) is 17.9 Å². The molecule has 2 aromatic rings.